The van der Waals surface area contributed by atoms with E-state index in [0.717, 1.165) is 13.1 Å². The van der Waals surface area contributed by atoms with Gasteiger partial charge in [0.2, 0.25) is 5.82 Å². The molecule has 1 N–H and O–H groups in total. The van der Waals surface area contributed by atoms with Crippen molar-refractivity contribution in [1.29, 1.82) is 0 Å². The van der Waals surface area contributed by atoms with Gasteiger partial charge in [-0.1, -0.05) is 11.6 Å². The Hall–Kier alpha value is -3.82. The molecule has 1 aliphatic heterocycles. The Kier molecular flexibility index (Phi) is 7.61. The Balaban J connectivity index is 1.68. The molecule has 1 unspecified atom stereocenters. The van der Waals surface area contributed by atoms with Gasteiger partial charge in [0, 0.05) is 30.6 Å². The van der Waals surface area contributed by atoms with Crippen LogP contribution in [0.4, 0.5) is 43.5 Å². The molecule has 16 heteroatoms. The van der Waals surface area contributed by atoms with Crippen molar-refractivity contribution in [3.8, 4) is 5.75 Å². The summed E-state index contributed by atoms with van der Waals surface area (Å²) < 4.78 is 123. The highest BCUT2D eigenvalue weighted by Crippen LogP contribution is 2.40. The predicted molar refractivity (Wildman–Crippen MR) is 136 cm³/mol. The van der Waals surface area contributed by atoms with E-state index in [0.29, 0.717) is 23.0 Å². The Morgan fingerprint density at radius 3 is 2.32 bits per heavy atom. The van der Waals surface area contributed by atoms with Crippen LogP contribution < -0.4 is 14.4 Å². The van der Waals surface area contributed by atoms with Gasteiger partial charge in [0.15, 0.2) is 28.2 Å². The van der Waals surface area contributed by atoms with E-state index in [1.807, 2.05) is 0 Å². The number of rotatable bonds is 7. The van der Waals surface area contributed by atoms with Crippen LogP contribution in [-0.2, 0) is 14.8 Å². The number of hydrogen-bond acceptors (Lipinski definition) is 7. The van der Waals surface area contributed by atoms with Crippen LogP contribution in [0.25, 0.3) is 10.9 Å². The van der Waals surface area contributed by atoms with Gasteiger partial charge in [0.25, 0.3) is 10.0 Å². The van der Waals surface area contributed by atoms with Crippen LogP contribution in [0.3, 0.4) is 0 Å². The Bertz CT molecular complexity index is 1760. The fourth-order valence-electron chi connectivity index (χ4n) is 4.09. The second kappa shape index (κ2) is 10.9. The van der Waals surface area contributed by atoms with Crippen molar-refractivity contribution in [3.05, 3.63) is 76.6 Å². The molecular weight excluding hydrogens is 602 g/mol. The van der Waals surface area contributed by atoms with Crippen LogP contribution in [0, 0.1) is 34.9 Å². The van der Waals surface area contributed by atoms with Gasteiger partial charge in [-0.05, 0) is 24.3 Å². The third-order valence-corrected chi connectivity index (χ3v) is 8.29. The minimum absolute atomic E-state index is 0.0803. The third-order valence-electron chi connectivity index (χ3n) is 6.21. The lowest BCUT2D eigenvalue weighted by Gasteiger charge is -2.25. The molecule has 1 saturated heterocycles. The summed E-state index contributed by atoms with van der Waals surface area (Å²) in [5, 5.41) is 2.84. The Morgan fingerprint density at radius 2 is 1.68 bits per heavy atom. The quantitative estimate of drug-likeness (QED) is 0.158. The molecule has 1 aromatic heterocycles. The van der Waals surface area contributed by atoms with Crippen LogP contribution in [0.15, 0.2) is 41.6 Å². The highest BCUT2D eigenvalue weighted by molar-refractivity contribution is 7.92. The normalized spacial score (nSPS) is 15.4. The molecule has 0 radical (unpaired) electrons. The number of anilines is 3. The zero-order valence-corrected chi connectivity index (χ0v) is 22.3. The second-order valence-electron chi connectivity index (χ2n) is 8.79. The van der Waals surface area contributed by atoms with Gasteiger partial charge in [-0.2, -0.15) is 0 Å². The van der Waals surface area contributed by atoms with Crippen LogP contribution in [-0.4, -0.2) is 44.8 Å². The zero-order valence-electron chi connectivity index (χ0n) is 20.7. The second-order valence-corrected chi connectivity index (χ2v) is 11.1. The van der Waals surface area contributed by atoms with Gasteiger partial charge in [-0.25, -0.2) is 44.7 Å². The lowest BCUT2D eigenvalue weighted by Crippen LogP contribution is -2.30. The van der Waals surface area contributed by atoms with Crippen molar-refractivity contribution >= 4 is 49.7 Å². The highest BCUT2D eigenvalue weighted by atomic mass is 35.5. The number of nitrogens with one attached hydrogen (secondary N) is 1. The minimum atomic E-state index is -5.42. The topological polar surface area (TPSA) is 93.7 Å². The summed E-state index contributed by atoms with van der Waals surface area (Å²) in [6, 6.07) is 6.23. The van der Waals surface area contributed by atoms with Gasteiger partial charge >= 0.3 is 0 Å². The third kappa shape index (κ3) is 5.20. The SMILES string of the molecule is CN(c1cc2c(Nc3ccc(F)c(Cl)c3)ncnc2cc1OC1CCOC1)S(=O)(=O)c1c(F)c(F)c(F)c(F)c1F. The number of fused-ring (bicyclic) bond motifs is 1. The molecule has 3 aromatic carbocycles. The van der Waals surface area contributed by atoms with E-state index in [4.69, 9.17) is 21.1 Å². The molecule has 0 amide bonds. The van der Waals surface area contributed by atoms with Gasteiger partial charge in [0.1, 0.15) is 29.8 Å². The van der Waals surface area contributed by atoms with Crippen molar-refractivity contribution in [2.45, 2.75) is 17.4 Å². The molecule has 41 heavy (non-hydrogen) atoms. The van der Waals surface area contributed by atoms with Crippen molar-refractivity contribution in [1.82, 2.24) is 9.97 Å². The average Bonchev–Trinajstić information content (AvgIpc) is 3.45. The summed E-state index contributed by atoms with van der Waals surface area (Å²) in [6.07, 6.45) is 1.05. The average molecular weight is 619 g/mol. The molecule has 0 bridgehead atoms. The first-order valence-corrected chi connectivity index (χ1v) is 13.5. The molecule has 1 atom stereocenters. The van der Waals surface area contributed by atoms with Crippen LogP contribution >= 0.6 is 11.6 Å². The van der Waals surface area contributed by atoms with E-state index >= 15 is 0 Å². The fraction of sp³-hybridized carbons (Fsp3) is 0.200. The lowest BCUT2D eigenvalue weighted by atomic mass is 10.1. The molecule has 4 aromatic rings. The Labute approximate surface area is 233 Å². The maximum absolute atomic E-state index is 14.6. The molecular formula is C25H17ClF6N4O4S. The number of aromatic nitrogens is 2. The van der Waals surface area contributed by atoms with Crippen LogP contribution in [0.5, 0.6) is 5.75 Å². The summed E-state index contributed by atoms with van der Waals surface area (Å²) in [4.78, 5) is 6.23. The summed E-state index contributed by atoms with van der Waals surface area (Å²) in [6.45, 7) is 0.496. The summed E-state index contributed by atoms with van der Waals surface area (Å²) in [5.41, 5.74) is 0.169. The van der Waals surface area contributed by atoms with E-state index in [2.05, 4.69) is 15.3 Å². The molecule has 2 heterocycles. The Morgan fingerprint density at radius 1 is 1.00 bits per heavy atom. The molecule has 1 fully saturated rings. The first-order valence-electron chi connectivity index (χ1n) is 11.7. The molecule has 5 rings (SSSR count). The molecule has 1 aliphatic rings. The number of nitrogens with zero attached hydrogens (tertiary/aromatic N) is 3. The van der Waals surface area contributed by atoms with Crippen LogP contribution in [0.2, 0.25) is 5.02 Å². The fourth-order valence-corrected chi connectivity index (χ4v) is 5.57. The molecule has 0 saturated carbocycles. The van der Waals surface area contributed by atoms with E-state index < -0.39 is 55.9 Å². The lowest BCUT2D eigenvalue weighted by molar-refractivity contribution is 0.142. The maximum atomic E-state index is 14.6. The molecule has 0 spiro atoms. The summed E-state index contributed by atoms with van der Waals surface area (Å²) in [5.74, 6) is -13.2. The highest BCUT2D eigenvalue weighted by Gasteiger charge is 2.37. The van der Waals surface area contributed by atoms with Gasteiger partial charge in [-0.15, -0.1) is 0 Å². The smallest absolute Gasteiger partial charge is 0.270 e. The number of halogens is 7. The van der Waals surface area contributed by atoms with Crippen molar-refractivity contribution < 1.29 is 44.2 Å². The number of hydrogen-bond donors (Lipinski definition) is 1. The summed E-state index contributed by atoms with van der Waals surface area (Å²) in [7, 11) is -4.57. The zero-order chi connectivity index (χ0) is 29.6. The number of sulfonamides is 1. The first-order chi connectivity index (χ1) is 19.4. The number of benzene rings is 3. The van der Waals surface area contributed by atoms with Gasteiger partial charge in [0.05, 0.1) is 29.4 Å². The minimum Gasteiger partial charge on any atom is -0.486 e. The monoisotopic (exact) mass is 618 g/mol. The molecule has 0 aliphatic carbocycles. The summed E-state index contributed by atoms with van der Waals surface area (Å²) >= 11 is 5.85. The number of ether oxygens (including phenoxy) is 2. The van der Waals surface area contributed by atoms with Crippen molar-refractivity contribution in [2.75, 3.05) is 29.9 Å². The predicted octanol–water partition coefficient (Wildman–Crippen LogP) is 5.85. The van der Waals surface area contributed by atoms with Crippen molar-refractivity contribution in [2.24, 2.45) is 0 Å². The van der Waals surface area contributed by atoms with E-state index in [-0.39, 0.29) is 39.8 Å². The van der Waals surface area contributed by atoms with E-state index in [1.165, 1.54) is 30.6 Å². The molecule has 216 valence electrons. The van der Waals surface area contributed by atoms with Crippen molar-refractivity contribution in [3.63, 3.8) is 0 Å². The van der Waals surface area contributed by atoms with E-state index in [9.17, 15) is 34.8 Å². The van der Waals surface area contributed by atoms with Gasteiger partial charge < -0.3 is 14.8 Å². The van der Waals surface area contributed by atoms with E-state index in [1.54, 1.807) is 0 Å². The maximum Gasteiger partial charge on any atom is 0.270 e. The molecule has 8 nitrogen and oxygen atoms in total. The largest absolute Gasteiger partial charge is 0.486 e. The first kappa shape index (κ1) is 28.7. The van der Waals surface area contributed by atoms with Crippen LogP contribution in [0.1, 0.15) is 6.42 Å². The van der Waals surface area contributed by atoms with Gasteiger partial charge in [-0.3, -0.25) is 4.31 Å². The standard InChI is InChI=1S/C25H17ClF6N4O4S/c1-36(41(37,38)24-22(31)20(29)19(28)21(30)23(24)32)17-7-13-16(8-18(17)40-12-4-5-39-9-12)33-10-34-25(13)35-11-2-3-15(27)14(26)6-11/h2-3,6-8,10,12H,4-5,9H2,1H3,(H,33,34,35).